The lowest BCUT2D eigenvalue weighted by molar-refractivity contribution is 0.101. The van der Waals surface area contributed by atoms with Gasteiger partial charge in [-0.3, -0.25) is 4.79 Å². The van der Waals surface area contributed by atoms with E-state index in [-0.39, 0.29) is 5.78 Å². The first-order chi connectivity index (χ1) is 8.15. The number of ketones is 1. The summed E-state index contributed by atoms with van der Waals surface area (Å²) in [5.74, 6) is 0.504. The molecule has 4 nitrogen and oxygen atoms in total. The van der Waals surface area contributed by atoms with Crippen LogP contribution in [0, 0.1) is 0 Å². The number of hydrogen-bond donors (Lipinski definition) is 1. The number of carbonyl (C=O) groups is 1. The number of rotatable bonds is 3. The molecule has 0 fully saturated rings. The van der Waals surface area contributed by atoms with Crippen LogP contribution in [0.1, 0.15) is 17.3 Å². The van der Waals surface area contributed by atoms with Gasteiger partial charge >= 0.3 is 0 Å². The van der Waals surface area contributed by atoms with Gasteiger partial charge in [0.25, 0.3) is 0 Å². The van der Waals surface area contributed by atoms with E-state index in [9.17, 15) is 4.79 Å². The molecule has 0 radical (unpaired) electrons. The predicted octanol–water partition coefficient (Wildman–Crippen LogP) is 2.41. The summed E-state index contributed by atoms with van der Waals surface area (Å²) >= 11 is 1.41. The van der Waals surface area contributed by atoms with Crippen LogP contribution in [0.25, 0.3) is 0 Å². The van der Waals surface area contributed by atoms with Gasteiger partial charge < -0.3 is 5.73 Å². The molecular weight excluding hydrogens is 234 g/mol. The van der Waals surface area contributed by atoms with Crippen LogP contribution in [0.4, 0.5) is 5.82 Å². The second-order valence-electron chi connectivity index (χ2n) is 3.45. The standard InChI is InChI=1S/C12H11N3OS/c1-8(16)9-2-4-10(5-3-9)17-12-14-7-6-11(13)15-12/h2-7H,1H3,(H2,13,14,15). The summed E-state index contributed by atoms with van der Waals surface area (Å²) in [5, 5.41) is 0.598. The van der Waals surface area contributed by atoms with Gasteiger partial charge in [-0.25, -0.2) is 9.97 Å². The minimum Gasteiger partial charge on any atom is -0.384 e. The third kappa shape index (κ3) is 3.04. The van der Waals surface area contributed by atoms with Gasteiger partial charge in [0.15, 0.2) is 10.9 Å². The summed E-state index contributed by atoms with van der Waals surface area (Å²) in [7, 11) is 0. The van der Waals surface area contributed by atoms with Gasteiger partial charge in [0.05, 0.1) is 0 Å². The number of benzene rings is 1. The van der Waals surface area contributed by atoms with Gasteiger partial charge in [-0.05, 0) is 36.9 Å². The van der Waals surface area contributed by atoms with E-state index in [1.807, 2.05) is 12.1 Å². The molecule has 1 heterocycles. The van der Waals surface area contributed by atoms with Crippen molar-refractivity contribution in [2.75, 3.05) is 5.73 Å². The molecule has 0 saturated carbocycles. The molecule has 2 aromatic rings. The SMILES string of the molecule is CC(=O)c1ccc(Sc2nccc(N)n2)cc1. The van der Waals surface area contributed by atoms with Crippen LogP contribution in [-0.4, -0.2) is 15.8 Å². The first-order valence-electron chi connectivity index (χ1n) is 5.02. The first kappa shape index (κ1) is 11.6. The molecule has 17 heavy (non-hydrogen) atoms. The summed E-state index contributed by atoms with van der Waals surface area (Å²) in [6.45, 7) is 1.54. The van der Waals surface area contributed by atoms with Crippen molar-refractivity contribution in [2.45, 2.75) is 17.0 Å². The smallest absolute Gasteiger partial charge is 0.194 e. The number of nitrogen functional groups attached to an aromatic ring is 1. The highest BCUT2D eigenvalue weighted by molar-refractivity contribution is 7.99. The summed E-state index contributed by atoms with van der Waals surface area (Å²) in [4.78, 5) is 20.3. The average molecular weight is 245 g/mol. The Kier molecular flexibility index (Phi) is 3.39. The van der Waals surface area contributed by atoms with Crippen molar-refractivity contribution in [3.63, 3.8) is 0 Å². The molecule has 0 unspecified atom stereocenters. The molecule has 1 aromatic heterocycles. The number of anilines is 1. The lowest BCUT2D eigenvalue weighted by Gasteiger charge is -2.01. The maximum absolute atomic E-state index is 11.1. The minimum atomic E-state index is 0.0572. The second kappa shape index (κ2) is 4.97. The molecule has 0 spiro atoms. The number of Topliss-reactive ketones (excluding diaryl/α,β-unsaturated/α-hetero) is 1. The van der Waals surface area contributed by atoms with Gasteiger partial charge in [-0.15, -0.1) is 0 Å². The highest BCUT2D eigenvalue weighted by Gasteiger charge is 2.02. The zero-order chi connectivity index (χ0) is 12.3. The molecule has 1 aromatic carbocycles. The molecule has 0 aliphatic carbocycles. The van der Waals surface area contributed by atoms with Crippen molar-refractivity contribution in [1.29, 1.82) is 0 Å². The Morgan fingerprint density at radius 1 is 1.24 bits per heavy atom. The largest absolute Gasteiger partial charge is 0.384 e. The quantitative estimate of drug-likeness (QED) is 0.664. The van der Waals surface area contributed by atoms with E-state index >= 15 is 0 Å². The highest BCUT2D eigenvalue weighted by Crippen LogP contribution is 2.24. The molecule has 0 amide bonds. The van der Waals surface area contributed by atoms with Crippen molar-refractivity contribution in [2.24, 2.45) is 0 Å². The van der Waals surface area contributed by atoms with Crippen LogP contribution in [0.2, 0.25) is 0 Å². The van der Waals surface area contributed by atoms with E-state index in [0.29, 0.717) is 16.5 Å². The lowest BCUT2D eigenvalue weighted by Crippen LogP contribution is -1.93. The van der Waals surface area contributed by atoms with E-state index < -0.39 is 0 Å². The number of aromatic nitrogens is 2. The molecule has 0 atom stereocenters. The Hall–Kier alpha value is -1.88. The fourth-order valence-corrected chi connectivity index (χ4v) is 2.01. The van der Waals surface area contributed by atoms with Gasteiger partial charge in [0.1, 0.15) is 5.82 Å². The van der Waals surface area contributed by atoms with Crippen molar-refractivity contribution in [3.05, 3.63) is 42.1 Å². The van der Waals surface area contributed by atoms with Crippen LogP contribution in [0.5, 0.6) is 0 Å². The number of hydrogen-bond acceptors (Lipinski definition) is 5. The van der Waals surface area contributed by atoms with Crippen LogP contribution < -0.4 is 5.73 Å². The third-order valence-electron chi connectivity index (χ3n) is 2.12. The molecule has 0 aliphatic heterocycles. The first-order valence-corrected chi connectivity index (χ1v) is 5.84. The Bertz CT molecular complexity index is 540. The molecule has 5 heteroatoms. The van der Waals surface area contributed by atoms with Crippen molar-refractivity contribution in [1.82, 2.24) is 9.97 Å². The fraction of sp³-hybridized carbons (Fsp3) is 0.0833. The maximum Gasteiger partial charge on any atom is 0.194 e. The summed E-state index contributed by atoms with van der Waals surface area (Å²) in [6.07, 6.45) is 1.62. The van der Waals surface area contributed by atoms with Crippen molar-refractivity contribution < 1.29 is 4.79 Å². The van der Waals surface area contributed by atoms with Gasteiger partial charge in [-0.2, -0.15) is 0 Å². The van der Waals surface area contributed by atoms with E-state index in [2.05, 4.69) is 9.97 Å². The Balaban J connectivity index is 2.16. The number of nitrogens with two attached hydrogens (primary N) is 1. The van der Waals surface area contributed by atoms with E-state index in [0.717, 1.165) is 4.90 Å². The minimum absolute atomic E-state index is 0.0572. The van der Waals surface area contributed by atoms with Crippen LogP contribution in [0.15, 0.2) is 46.6 Å². The molecule has 0 saturated heterocycles. The molecule has 0 bridgehead atoms. The van der Waals surface area contributed by atoms with E-state index in [1.165, 1.54) is 11.8 Å². The van der Waals surface area contributed by atoms with Gasteiger partial charge in [-0.1, -0.05) is 12.1 Å². The second-order valence-corrected chi connectivity index (χ2v) is 4.49. The Morgan fingerprint density at radius 3 is 2.53 bits per heavy atom. The lowest BCUT2D eigenvalue weighted by atomic mass is 10.2. The number of carbonyl (C=O) groups excluding carboxylic acids is 1. The zero-order valence-electron chi connectivity index (χ0n) is 9.25. The van der Waals surface area contributed by atoms with E-state index in [4.69, 9.17) is 5.73 Å². The van der Waals surface area contributed by atoms with Crippen molar-refractivity contribution in [3.8, 4) is 0 Å². The summed E-state index contributed by atoms with van der Waals surface area (Å²) < 4.78 is 0. The number of nitrogens with zero attached hydrogens (tertiary/aromatic N) is 2. The summed E-state index contributed by atoms with van der Waals surface area (Å²) in [5.41, 5.74) is 6.26. The molecule has 86 valence electrons. The molecular formula is C12H11N3OS. The van der Waals surface area contributed by atoms with Crippen LogP contribution in [-0.2, 0) is 0 Å². The van der Waals surface area contributed by atoms with E-state index in [1.54, 1.807) is 31.3 Å². The monoisotopic (exact) mass is 245 g/mol. The fourth-order valence-electron chi connectivity index (χ4n) is 1.27. The maximum atomic E-state index is 11.1. The third-order valence-corrected chi connectivity index (χ3v) is 3.01. The predicted molar refractivity (Wildman–Crippen MR) is 67.0 cm³/mol. The van der Waals surface area contributed by atoms with Crippen LogP contribution >= 0.6 is 11.8 Å². The van der Waals surface area contributed by atoms with Crippen molar-refractivity contribution >= 4 is 23.4 Å². The average Bonchev–Trinajstić information content (AvgIpc) is 2.29. The molecule has 0 aliphatic rings. The highest BCUT2D eigenvalue weighted by atomic mass is 32.2. The van der Waals surface area contributed by atoms with Gasteiger partial charge in [0, 0.05) is 16.7 Å². The summed E-state index contributed by atoms with van der Waals surface area (Å²) in [6, 6.07) is 8.96. The zero-order valence-corrected chi connectivity index (χ0v) is 10.1. The Labute approximate surface area is 103 Å². The normalized spacial score (nSPS) is 10.2. The van der Waals surface area contributed by atoms with Gasteiger partial charge in [0.2, 0.25) is 0 Å². The molecule has 2 rings (SSSR count). The Morgan fingerprint density at radius 2 is 1.94 bits per heavy atom. The topological polar surface area (TPSA) is 68.9 Å². The van der Waals surface area contributed by atoms with Crippen LogP contribution in [0.3, 0.4) is 0 Å². The molecule has 2 N–H and O–H groups in total.